The van der Waals surface area contributed by atoms with Gasteiger partial charge in [-0.15, -0.1) is 0 Å². The quantitative estimate of drug-likeness (QED) is 0.829. The minimum absolute atomic E-state index is 0.565. The summed E-state index contributed by atoms with van der Waals surface area (Å²) in [5.41, 5.74) is 1.14. The van der Waals surface area contributed by atoms with Crippen LogP contribution in [0.5, 0.6) is 0 Å². The van der Waals surface area contributed by atoms with Crippen molar-refractivity contribution < 1.29 is 4.52 Å². The highest BCUT2D eigenvalue weighted by Crippen LogP contribution is 2.31. The van der Waals surface area contributed by atoms with Crippen LogP contribution < -0.4 is 5.32 Å². The maximum atomic E-state index is 5.17. The second-order valence-electron chi connectivity index (χ2n) is 4.48. The Morgan fingerprint density at radius 1 is 1.67 bits per heavy atom. The molecule has 1 saturated heterocycles. The van der Waals surface area contributed by atoms with Crippen molar-refractivity contribution in [2.75, 3.05) is 13.1 Å². The second kappa shape index (κ2) is 4.79. The monoisotopic (exact) mass is 208 g/mol. The third kappa shape index (κ3) is 2.40. The Bertz CT molecular complexity index is 302. The van der Waals surface area contributed by atoms with Crippen LogP contribution in [-0.4, -0.2) is 18.2 Å². The summed E-state index contributed by atoms with van der Waals surface area (Å²) in [7, 11) is 0. The molecule has 1 aliphatic heterocycles. The summed E-state index contributed by atoms with van der Waals surface area (Å²) in [6, 6.07) is 2.09. The van der Waals surface area contributed by atoms with Crippen LogP contribution in [0, 0.1) is 12.8 Å². The minimum Gasteiger partial charge on any atom is -0.361 e. The molecule has 0 aliphatic carbocycles. The fraction of sp³-hybridized carbons (Fsp3) is 0.750. The molecule has 0 aromatic carbocycles. The van der Waals surface area contributed by atoms with Crippen LogP contribution in [0.3, 0.4) is 0 Å². The van der Waals surface area contributed by atoms with Gasteiger partial charge in [0, 0.05) is 12.0 Å². The lowest BCUT2D eigenvalue weighted by atomic mass is 9.82. The third-order valence-corrected chi connectivity index (χ3v) is 3.37. The zero-order valence-electron chi connectivity index (χ0n) is 9.62. The molecule has 0 saturated carbocycles. The molecule has 1 fully saturated rings. The topological polar surface area (TPSA) is 38.1 Å². The Morgan fingerprint density at radius 2 is 2.53 bits per heavy atom. The predicted molar refractivity (Wildman–Crippen MR) is 59.9 cm³/mol. The lowest BCUT2D eigenvalue weighted by Crippen LogP contribution is -2.33. The van der Waals surface area contributed by atoms with Crippen molar-refractivity contribution in [3.63, 3.8) is 0 Å². The number of aromatic nitrogens is 1. The largest absolute Gasteiger partial charge is 0.361 e. The molecular formula is C12H20N2O. The van der Waals surface area contributed by atoms with Crippen molar-refractivity contribution in [3.8, 4) is 0 Å². The van der Waals surface area contributed by atoms with E-state index < -0.39 is 0 Å². The van der Waals surface area contributed by atoms with Crippen molar-refractivity contribution in [1.29, 1.82) is 0 Å². The number of rotatable bonds is 3. The van der Waals surface area contributed by atoms with Crippen molar-refractivity contribution in [3.05, 3.63) is 17.5 Å². The molecule has 1 aromatic heterocycles. The minimum atomic E-state index is 0.565. The average molecular weight is 208 g/mol. The van der Waals surface area contributed by atoms with E-state index in [0.717, 1.165) is 30.3 Å². The van der Waals surface area contributed by atoms with E-state index in [2.05, 4.69) is 23.5 Å². The fourth-order valence-electron chi connectivity index (χ4n) is 2.57. The zero-order chi connectivity index (χ0) is 10.7. The standard InChI is InChI=1S/C12H20N2O/c1-3-11(10-5-4-6-13-8-10)12-7-9(2)15-14-12/h7,10-11,13H,3-6,8H2,1-2H3. The van der Waals surface area contributed by atoms with Gasteiger partial charge in [0.1, 0.15) is 5.76 Å². The summed E-state index contributed by atoms with van der Waals surface area (Å²) in [4.78, 5) is 0. The first-order valence-electron chi connectivity index (χ1n) is 5.95. The molecule has 2 atom stereocenters. The molecule has 1 aliphatic rings. The van der Waals surface area contributed by atoms with Gasteiger partial charge in [-0.05, 0) is 45.2 Å². The Kier molecular flexibility index (Phi) is 3.41. The predicted octanol–water partition coefficient (Wildman–Crippen LogP) is 2.48. The van der Waals surface area contributed by atoms with Crippen LogP contribution in [0.1, 0.15) is 43.6 Å². The fourth-order valence-corrected chi connectivity index (χ4v) is 2.57. The van der Waals surface area contributed by atoms with E-state index in [4.69, 9.17) is 4.52 Å². The van der Waals surface area contributed by atoms with Crippen LogP contribution in [0.25, 0.3) is 0 Å². The zero-order valence-corrected chi connectivity index (χ0v) is 9.62. The summed E-state index contributed by atoms with van der Waals surface area (Å²) in [6.45, 7) is 6.50. The van der Waals surface area contributed by atoms with E-state index in [0.29, 0.717) is 5.92 Å². The van der Waals surface area contributed by atoms with Crippen molar-refractivity contribution in [1.82, 2.24) is 10.5 Å². The molecule has 15 heavy (non-hydrogen) atoms. The molecule has 3 nitrogen and oxygen atoms in total. The molecule has 0 bridgehead atoms. The summed E-state index contributed by atoms with van der Waals surface area (Å²) in [5.74, 6) is 2.22. The van der Waals surface area contributed by atoms with Crippen LogP contribution in [-0.2, 0) is 0 Å². The van der Waals surface area contributed by atoms with E-state index in [9.17, 15) is 0 Å². The van der Waals surface area contributed by atoms with E-state index >= 15 is 0 Å². The molecule has 2 heterocycles. The number of aryl methyl sites for hydroxylation is 1. The maximum absolute atomic E-state index is 5.17. The van der Waals surface area contributed by atoms with E-state index in [1.807, 2.05) is 6.92 Å². The maximum Gasteiger partial charge on any atom is 0.133 e. The van der Waals surface area contributed by atoms with Crippen molar-refractivity contribution in [2.45, 2.75) is 39.0 Å². The molecule has 3 heteroatoms. The number of nitrogens with zero attached hydrogens (tertiary/aromatic N) is 1. The van der Waals surface area contributed by atoms with E-state index in [1.165, 1.54) is 19.4 Å². The number of hydrogen-bond acceptors (Lipinski definition) is 3. The SMILES string of the molecule is CCC(c1cc(C)on1)C1CCCNC1. The average Bonchev–Trinajstić information content (AvgIpc) is 2.68. The van der Waals surface area contributed by atoms with Gasteiger partial charge in [0.25, 0.3) is 0 Å². The first kappa shape index (κ1) is 10.7. The highest BCUT2D eigenvalue weighted by Gasteiger charge is 2.25. The lowest BCUT2D eigenvalue weighted by Gasteiger charge is -2.28. The van der Waals surface area contributed by atoms with Gasteiger partial charge in [-0.1, -0.05) is 12.1 Å². The lowest BCUT2D eigenvalue weighted by molar-refractivity contribution is 0.300. The van der Waals surface area contributed by atoms with Gasteiger partial charge >= 0.3 is 0 Å². The van der Waals surface area contributed by atoms with Gasteiger partial charge in [-0.25, -0.2) is 0 Å². The van der Waals surface area contributed by atoms with Crippen LogP contribution in [0.2, 0.25) is 0 Å². The molecule has 84 valence electrons. The highest BCUT2D eigenvalue weighted by atomic mass is 16.5. The van der Waals surface area contributed by atoms with Crippen LogP contribution in [0.15, 0.2) is 10.6 Å². The highest BCUT2D eigenvalue weighted by molar-refractivity contribution is 5.11. The van der Waals surface area contributed by atoms with Gasteiger partial charge < -0.3 is 9.84 Å². The number of nitrogens with one attached hydrogen (secondary N) is 1. The Hall–Kier alpha value is -0.830. The number of piperidine rings is 1. The second-order valence-corrected chi connectivity index (χ2v) is 4.48. The summed E-state index contributed by atoms with van der Waals surface area (Å²) >= 11 is 0. The summed E-state index contributed by atoms with van der Waals surface area (Å²) < 4.78 is 5.17. The molecule has 0 radical (unpaired) electrons. The molecule has 0 amide bonds. The molecule has 1 aromatic rings. The Labute approximate surface area is 91.2 Å². The molecule has 2 unspecified atom stereocenters. The van der Waals surface area contributed by atoms with Gasteiger partial charge in [-0.2, -0.15) is 0 Å². The number of hydrogen-bond donors (Lipinski definition) is 1. The Balaban J connectivity index is 2.08. The first-order chi connectivity index (χ1) is 7.31. The summed E-state index contributed by atoms with van der Waals surface area (Å²) in [6.07, 6.45) is 3.76. The van der Waals surface area contributed by atoms with E-state index in [1.54, 1.807) is 0 Å². The van der Waals surface area contributed by atoms with Gasteiger partial charge in [0.2, 0.25) is 0 Å². The molecular weight excluding hydrogens is 188 g/mol. The van der Waals surface area contributed by atoms with E-state index in [-0.39, 0.29) is 0 Å². The van der Waals surface area contributed by atoms with Crippen molar-refractivity contribution >= 4 is 0 Å². The smallest absolute Gasteiger partial charge is 0.133 e. The van der Waals surface area contributed by atoms with Gasteiger partial charge in [0.15, 0.2) is 0 Å². The normalized spacial score (nSPS) is 24.0. The van der Waals surface area contributed by atoms with Crippen molar-refractivity contribution in [2.24, 2.45) is 5.92 Å². The van der Waals surface area contributed by atoms with Crippen LogP contribution >= 0.6 is 0 Å². The van der Waals surface area contributed by atoms with Crippen LogP contribution in [0.4, 0.5) is 0 Å². The van der Waals surface area contributed by atoms with Gasteiger partial charge in [0.05, 0.1) is 5.69 Å². The Morgan fingerprint density at radius 3 is 3.07 bits per heavy atom. The first-order valence-corrected chi connectivity index (χ1v) is 5.95. The summed E-state index contributed by atoms with van der Waals surface area (Å²) in [5, 5.41) is 7.63. The third-order valence-electron chi connectivity index (χ3n) is 3.37. The molecule has 1 N–H and O–H groups in total. The molecule has 2 rings (SSSR count). The molecule has 0 spiro atoms. The van der Waals surface area contributed by atoms with Gasteiger partial charge in [-0.3, -0.25) is 0 Å².